The molecule has 0 aliphatic carbocycles. The fourth-order valence-corrected chi connectivity index (χ4v) is 5.76. The molecule has 1 aliphatic heterocycles. The number of halogens is 3. The normalized spacial score (nSPS) is 14.6. The van der Waals surface area contributed by atoms with Gasteiger partial charge in [0.2, 0.25) is 11.8 Å². The van der Waals surface area contributed by atoms with E-state index in [1.807, 2.05) is 0 Å². The third kappa shape index (κ3) is 6.77. The van der Waals surface area contributed by atoms with Crippen molar-refractivity contribution in [2.45, 2.75) is 22.9 Å². The van der Waals surface area contributed by atoms with Gasteiger partial charge >= 0.3 is 12.1 Å². The number of thioether (sulfide) groups is 1. The first-order valence-corrected chi connectivity index (χ1v) is 14.4. The van der Waals surface area contributed by atoms with Crippen molar-refractivity contribution in [3.05, 3.63) is 107 Å². The van der Waals surface area contributed by atoms with E-state index in [1.54, 1.807) is 54.6 Å². The van der Waals surface area contributed by atoms with Crippen LogP contribution >= 0.6 is 11.8 Å². The van der Waals surface area contributed by atoms with Crippen molar-refractivity contribution >= 4 is 41.0 Å². The number of aromatic nitrogens is 1. The van der Waals surface area contributed by atoms with Crippen molar-refractivity contribution in [1.82, 2.24) is 4.98 Å². The van der Waals surface area contributed by atoms with Crippen LogP contribution in [0.5, 0.6) is 5.75 Å². The number of methoxy groups -OCH3 is 1. The average Bonchev–Trinajstić information content (AvgIpc) is 3.34. The number of benzene rings is 3. The summed E-state index contributed by atoms with van der Waals surface area (Å²) in [6.07, 6.45) is -5.23. The van der Waals surface area contributed by atoms with E-state index in [0.717, 1.165) is 11.0 Å². The minimum Gasteiger partial charge on any atom is -0.497 e. The number of carbonyl (C=O) groups is 4. The fourth-order valence-electron chi connectivity index (χ4n) is 4.64. The highest BCUT2D eigenvalue weighted by Crippen LogP contribution is 2.41. The molecule has 1 aromatic heterocycles. The largest absolute Gasteiger partial charge is 0.497 e. The number of carbonyl (C=O) groups excluding carboxylic acids is 4. The van der Waals surface area contributed by atoms with Gasteiger partial charge < -0.3 is 9.47 Å². The van der Waals surface area contributed by atoms with Crippen molar-refractivity contribution in [3.63, 3.8) is 0 Å². The molecular formula is C33H22F3N3O6S. The van der Waals surface area contributed by atoms with Gasteiger partial charge in [-0.1, -0.05) is 54.2 Å². The molecule has 2 amide bonds. The van der Waals surface area contributed by atoms with Crippen LogP contribution in [-0.4, -0.2) is 47.5 Å². The van der Waals surface area contributed by atoms with Gasteiger partial charge in [0, 0.05) is 17.5 Å². The molecule has 5 rings (SSSR count). The van der Waals surface area contributed by atoms with Crippen LogP contribution in [0.15, 0.2) is 90.0 Å². The zero-order chi connectivity index (χ0) is 33.0. The molecule has 1 fully saturated rings. The van der Waals surface area contributed by atoms with Crippen LogP contribution in [0.3, 0.4) is 0 Å². The molecule has 0 spiro atoms. The summed E-state index contributed by atoms with van der Waals surface area (Å²) in [6.45, 7) is -0.532. The number of nitrogens with zero attached hydrogens (tertiary/aromatic N) is 3. The Morgan fingerprint density at radius 1 is 1.00 bits per heavy atom. The lowest BCUT2D eigenvalue weighted by atomic mass is 10.1. The molecule has 4 aromatic rings. The number of esters is 1. The summed E-state index contributed by atoms with van der Waals surface area (Å²) >= 11 is 0.610. The molecule has 1 atom stereocenters. The van der Waals surface area contributed by atoms with Gasteiger partial charge in [-0.3, -0.25) is 14.4 Å². The Morgan fingerprint density at radius 2 is 1.72 bits per heavy atom. The fraction of sp³-hybridized carbons (Fsp3) is 0.152. The van der Waals surface area contributed by atoms with Crippen molar-refractivity contribution in [2.24, 2.45) is 0 Å². The molecule has 3 aromatic carbocycles. The predicted octanol–water partition coefficient (Wildman–Crippen LogP) is 6.11. The van der Waals surface area contributed by atoms with Gasteiger partial charge in [0.25, 0.3) is 0 Å². The number of pyridine rings is 1. The van der Waals surface area contributed by atoms with Crippen molar-refractivity contribution < 1.29 is 41.8 Å². The lowest BCUT2D eigenvalue weighted by Gasteiger charge is -2.17. The number of alkyl halides is 3. The van der Waals surface area contributed by atoms with Crippen molar-refractivity contribution in [1.29, 1.82) is 5.26 Å². The van der Waals surface area contributed by atoms with Gasteiger partial charge in [-0.25, -0.2) is 14.7 Å². The molecule has 1 unspecified atom stereocenters. The first-order valence-electron chi connectivity index (χ1n) is 13.6. The summed E-state index contributed by atoms with van der Waals surface area (Å²) in [6, 6.07) is 22.0. The van der Waals surface area contributed by atoms with Gasteiger partial charge in [-0.2, -0.15) is 18.4 Å². The number of rotatable bonds is 9. The Kier molecular flexibility index (Phi) is 9.20. The highest BCUT2D eigenvalue weighted by Gasteiger charge is 2.42. The first kappa shape index (κ1) is 31.9. The zero-order valence-electron chi connectivity index (χ0n) is 23.9. The minimum absolute atomic E-state index is 0.0456. The number of hydrogen-bond acceptors (Lipinski definition) is 9. The van der Waals surface area contributed by atoms with E-state index in [-0.39, 0.29) is 28.4 Å². The second-order valence-electron chi connectivity index (χ2n) is 9.87. The van der Waals surface area contributed by atoms with E-state index in [2.05, 4.69) is 4.98 Å². The van der Waals surface area contributed by atoms with Gasteiger partial charge in [-0.05, 0) is 42.5 Å². The van der Waals surface area contributed by atoms with E-state index < -0.39 is 52.7 Å². The standard InChI is InChI=1S/C33H22F3N3O6S/c1-44-23-9-5-8-21(14-23)27(40)18-45-32(43)20-10-12-22(13-11-20)39-29(41)16-28(31(39)42)46-30-24(17-37)25(33(34,35)36)15-26(38-30)19-6-3-2-4-7-19/h2-15,28H,16,18H2,1H3. The molecule has 13 heteroatoms. The maximum atomic E-state index is 14.0. The molecule has 1 aliphatic rings. The summed E-state index contributed by atoms with van der Waals surface area (Å²) in [5.74, 6) is -2.16. The second-order valence-corrected chi connectivity index (χ2v) is 11.1. The van der Waals surface area contributed by atoms with Crippen LogP contribution < -0.4 is 9.64 Å². The molecular weight excluding hydrogens is 623 g/mol. The van der Waals surface area contributed by atoms with E-state index >= 15 is 0 Å². The summed E-state index contributed by atoms with van der Waals surface area (Å²) in [5.41, 5.74) is -1.17. The van der Waals surface area contributed by atoms with Crippen LogP contribution in [0.1, 0.15) is 38.3 Å². The van der Waals surface area contributed by atoms with Gasteiger partial charge in [0.1, 0.15) is 16.8 Å². The topological polar surface area (TPSA) is 127 Å². The van der Waals surface area contributed by atoms with E-state index in [9.17, 15) is 37.6 Å². The quantitative estimate of drug-likeness (QED) is 0.120. The van der Waals surface area contributed by atoms with Crippen LogP contribution in [0, 0.1) is 11.3 Å². The Balaban J connectivity index is 1.31. The third-order valence-corrected chi connectivity index (χ3v) is 8.09. The van der Waals surface area contributed by atoms with Gasteiger partial charge in [0.15, 0.2) is 12.4 Å². The first-order chi connectivity index (χ1) is 22.0. The van der Waals surface area contributed by atoms with E-state index in [4.69, 9.17) is 9.47 Å². The molecule has 0 radical (unpaired) electrons. The number of anilines is 1. The Bertz CT molecular complexity index is 1870. The Hall–Kier alpha value is -5.48. The van der Waals surface area contributed by atoms with Crippen LogP contribution in [0.25, 0.3) is 11.3 Å². The van der Waals surface area contributed by atoms with Crippen molar-refractivity contribution in [2.75, 3.05) is 18.6 Å². The third-order valence-electron chi connectivity index (χ3n) is 6.92. The molecule has 232 valence electrons. The number of hydrogen-bond donors (Lipinski definition) is 0. The number of nitriles is 1. The maximum Gasteiger partial charge on any atom is 0.417 e. The predicted molar refractivity (Wildman–Crippen MR) is 160 cm³/mol. The smallest absolute Gasteiger partial charge is 0.417 e. The maximum absolute atomic E-state index is 14.0. The lowest BCUT2D eigenvalue weighted by molar-refractivity contribution is -0.138. The monoisotopic (exact) mass is 645 g/mol. The summed E-state index contributed by atoms with van der Waals surface area (Å²) in [4.78, 5) is 56.4. The minimum atomic E-state index is -4.88. The van der Waals surface area contributed by atoms with Gasteiger partial charge in [0.05, 0.1) is 40.4 Å². The molecule has 0 N–H and O–H groups in total. The zero-order valence-corrected chi connectivity index (χ0v) is 24.7. The molecule has 2 heterocycles. The van der Waals surface area contributed by atoms with Crippen LogP contribution in [0.2, 0.25) is 0 Å². The lowest BCUT2D eigenvalue weighted by Crippen LogP contribution is -2.31. The molecule has 9 nitrogen and oxygen atoms in total. The summed E-state index contributed by atoms with van der Waals surface area (Å²) < 4.78 is 52.1. The summed E-state index contributed by atoms with van der Waals surface area (Å²) in [7, 11) is 1.45. The molecule has 46 heavy (non-hydrogen) atoms. The number of Topliss-reactive ketones (excluding diaryl/α,β-unsaturated/α-hetero) is 1. The Morgan fingerprint density at radius 3 is 2.37 bits per heavy atom. The van der Waals surface area contributed by atoms with Crippen molar-refractivity contribution in [3.8, 4) is 23.1 Å². The molecule has 0 saturated carbocycles. The number of ketones is 1. The number of ether oxygens (including phenoxy) is 2. The second kappa shape index (κ2) is 13.3. The number of amides is 2. The molecule has 0 bridgehead atoms. The number of imide groups is 1. The Labute approximate surface area is 264 Å². The average molecular weight is 646 g/mol. The highest BCUT2D eigenvalue weighted by molar-refractivity contribution is 8.00. The van der Waals surface area contributed by atoms with Gasteiger partial charge in [-0.15, -0.1) is 0 Å². The van der Waals surface area contributed by atoms with E-state index in [1.165, 1.54) is 37.4 Å². The summed E-state index contributed by atoms with van der Waals surface area (Å²) in [5, 5.41) is 8.15. The SMILES string of the molecule is COc1cccc(C(=O)COC(=O)c2ccc(N3C(=O)CC(Sc4nc(-c5ccccc5)cc(C(F)(F)F)c4C#N)C3=O)cc2)c1. The molecule has 1 saturated heterocycles. The van der Waals surface area contributed by atoms with Crippen LogP contribution in [-0.2, 0) is 20.5 Å². The van der Waals surface area contributed by atoms with Crippen LogP contribution in [0.4, 0.5) is 18.9 Å². The van der Waals surface area contributed by atoms with E-state index in [0.29, 0.717) is 28.6 Å². The highest BCUT2D eigenvalue weighted by atomic mass is 32.2.